The van der Waals surface area contributed by atoms with Gasteiger partial charge in [-0.2, -0.15) is 0 Å². The van der Waals surface area contributed by atoms with E-state index < -0.39 is 0 Å². The maximum absolute atomic E-state index is 12.2. The van der Waals surface area contributed by atoms with Gasteiger partial charge in [0, 0.05) is 24.5 Å². The maximum Gasteiger partial charge on any atom is 0.230 e. The Hall–Kier alpha value is -3.07. The number of hydrogen-bond acceptors (Lipinski definition) is 7. The summed E-state index contributed by atoms with van der Waals surface area (Å²) in [5.74, 6) is 2.28. The number of hydrogen-bond donors (Lipinski definition) is 1. The third-order valence-corrected chi connectivity index (χ3v) is 5.15. The zero-order valence-corrected chi connectivity index (χ0v) is 17.9. The van der Waals surface area contributed by atoms with Crippen LogP contribution in [0.2, 0.25) is 0 Å². The van der Waals surface area contributed by atoms with Crippen LogP contribution in [0.5, 0.6) is 11.5 Å². The second kappa shape index (κ2) is 11.2. The third kappa shape index (κ3) is 5.73. The van der Waals surface area contributed by atoms with Crippen molar-refractivity contribution in [3.8, 4) is 22.9 Å². The van der Waals surface area contributed by atoms with Crippen molar-refractivity contribution in [1.29, 1.82) is 0 Å². The second-order valence-corrected chi connectivity index (χ2v) is 7.27. The van der Waals surface area contributed by atoms with E-state index in [4.69, 9.17) is 9.47 Å². The molecule has 0 aliphatic heterocycles. The first-order valence-corrected chi connectivity index (χ1v) is 10.7. The van der Waals surface area contributed by atoms with Crippen LogP contribution in [0.1, 0.15) is 13.3 Å². The lowest BCUT2D eigenvalue weighted by Gasteiger charge is -2.11. The number of thioether (sulfide) groups is 1. The van der Waals surface area contributed by atoms with E-state index in [1.165, 1.54) is 11.8 Å². The van der Waals surface area contributed by atoms with Gasteiger partial charge in [-0.15, -0.1) is 10.2 Å². The molecule has 0 saturated carbocycles. The molecular formula is C21H25N5O3S. The van der Waals surface area contributed by atoms with Crippen molar-refractivity contribution in [3.05, 3.63) is 48.8 Å². The van der Waals surface area contributed by atoms with Gasteiger partial charge in [0.15, 0.2) is 22.5 Å². The second-order valence-electron chi connectivity index (χ2n) is 6.33. The van der Waals surface area contributed by atoms with E-state index in [2.05, 4.69) is 27.4 Å². The van der Waals surface area contributed by atoms with Crippen LogP contribution >= 0.6 is 11.8 Å². The molecule has 9 heteroatoms. The monoisotopic (exact) mass is 427 g/mol. The Balaban J connectivity index is 1.49. The standard InChI is InChI=1S/C21H25N5O3S/c1-3-13-26-20(16-8-10-22-11-9-16)24-25-21(26)30-15-19(27)23-12-14-29-18-7-5-4-6-17(18)28-2/h4-11H,3,12-15H2,1-2H3,(H,23,27). The summed E-state index contributed by atoms with van der Waals surface area (Å²) >= 11 is 1.37. The molecule has 0 radical (unpaired) electrons. The quantitative estimate of drug-likeness (QED) is 0.371. The van der Waals surface area contributed by atoms with Crippen LogP contribution in [0.25, 0.3) is 11.4 Å². The van der Waals surface area contributed by atoms with Gasteiger partial charge in [-0.3, -0.25) is 9.78 Å². The Morgan fingerprint density at radius 2 is 1.90 bits per heavy atom. The van der Waals surface area contributed by atoms with Crippen molar-refractivity contribution in [3.63, 3.8) is 0 Å². The Kier molecular flexibility index (Phi) is 8.08. The summed E-state index contributed by atoms with van der Waals surface area (Å²) in [4.78, 5) is 16.3. The van der Waals surface area contributed by atoms with Gasteiger partial charge >= 0.3 is 0 Å². The van der Waals surface area contributed by atoms with Gasteiger partial charge in [0.2, 0.25) is 5.91 Å². The fraction of sp³-hybridized carbons (Fsp3) is 0.333. The highest BCUT2D eigenvalue weighted by molar-refractivity contribution is 7.99. The molecule has 1 amide bonds. The van der Waals surface area contributed by atoms with Crippen molar-refractivity contribution in [2.24, 2.45) is 0 Å². The van der Waals surface area contributed by atoms with Crippen LogP contribution in [0.3, 0.4) is 0 Å². The number of amides is 1. The van der Waals surface area contributed by atoms with Crippen LogP contribution in [-0.4, -0.2) is 51.7 Å². The number of nitrogens with one attached hydrogen (secondary N) is 1. The molecule has 0 saturated heterocycles. The highest BCUT2D eigenvalue weighted by atomic mass is 32.2. The van der Waals surface area contributed by atoms with Gasteiger partial charge < -0.3 is 19.4 Å². The first-order chi connectivity index (χ1) is 14.7. The first kappa shape index (κ1) is 21.6. The van der Waals surface area contributed by atoms with Crippen LogP contribution in [0, 0.1) is 0 Å². The number of aromatic nitrogens is 4. The molecule has 1 N–H and O–H groups in total. The molecular weight excluding hydrogens is 402 g/mol. The Bertz CT molecular complexity index is 949. The van der Waals surface area contributed by atoms with Crippen molar-refractivity contribution in [2.75, 3.05) is 26.0 Å². The van der Waals surface area contributed by atoms with E-state index in [0.29, 0.717) is 24.7 Å². The van der Waals surface area contributed by atoms with Crippen LogP contribution < -0.4 is 14.8 Å². The number of nitrogens with zero attached hydrogens (tertiary/aromatic N) is 4. The molecule has 0 bridgehead atoms. The lowest BCUT2D eigenvalue weighted by atomic mass is 10.2. The van der Waals surface area contributed by atoms with E-state index in [0.717, 1.165) is 29.5 Å². The van der Waals surface area contributed by atoms with Crippen LogP contribution in [-0.2, 0) is 11.3 Å². The molecule has 3 rings (SSSR count). The number of methoxy groups -OCH3 is 1. The van der Waals surface area contributed by atoms with Gasteiger partial charge in [0.1, 0.15) is 6.61 Å². The molecule has 1 aromatic carbocycles. The Labute approximate surface area is 180 Å². The third-order valence-electron chi connectivity index (χ3n) is 4.19. The van der Waals surface area contributed by atoms with E-state index in [-0.39, 0.29) is 11.7 Å². The van der Waals surface area contributed by atoms with E-state index in [1.54, 1.807) is 19.5 Å². The van der Waals surface area contributed by atoms with Gasteiger partial charge in [-0.1, -0.05) is 30.8 Å². The zero-order valence-electron chi connectivity index (χ0n) is 17.1. The normalized spacial score (nSPS) is 10.6. The van der Waals surface area contributed by atoms with E-state index in [1.807, 2.05) is 41.0 Å². The summed E-state index contributed by atoms with van der Waals surface area (Å²) in [6.45, 7) is 3.64. The molecule has 0 aliphatic carbocycles. The van der Waals surface area contributed by atoms with Crippen LogP contribution in [0.15, 0.2) is 53.9 Å². The summed E-state index contributed by atoms with van der Waals surface area (Å²) < 4.78 is 12.9. The number of pyridine rings is 1. The molecule has 0 atom stereocenters. The number of ether oxygens (including phenoxy) is 2. The fourth-order valence-corrected chi connectivity index (χ4v) is 3.60. The molecule has 2 aromatic heterocycles. The molecule has 2 heterocycles. The van der Waals surface area contributed by atoms with E-state index >= 15 is 0 Å². The lowest BCUT2D eigenvalue weighted by Crippen LogP contribution is -2.29. The number of carbonyl (C=O) groups excluding carboxylic acids is 1. The smallest absolute Gasteiger partial charge is 0.230 e. The highest BCUT2D eigenvalue weighted by Crippen LogP contribution is 2.26. The minimum absolute atomic E-state index is 0.0832. The SMILES string of the molecule is CCCn1c(SCC(=O)NCCOc2ccccc2OC)nnc1-c1ccncc1. The largest absolute Gasteiger partial charge is 0.493 e. The van der Waals surface area contributed by atoms with Crippen molar-refractivity contribution >= 4 is 17.7 Å². The number of benzene rings is 1. The minimum atomic E-state index is -0.0832. The van der Waals surface area contributed by atoms with Gasteiger partial charge in [-0.25, -0.2) is 0 Å². The van der Waals surface area contributed by atoms with E-state index in [9.17, 15) is 4.79 Å². The summed E-state index contributed by atoms with van der Waals surface area (Å²) in [6.07, 6.45) is 4.40. The molecule has 30 heavy (non-hydrogen) atoms. The molecule has 0 unspecified atom stereocenters. The zero-order chi connectivity index (χ0) is 21.2. The van der Waals surface area contributed by atoms with Gasteiger partial charge in [0.05, 0.1) is 19.4 Å². The average Bonchev–Trinajstić information content (AvgIpc) is 3.19. The van der Waals surface area contributed by atoms with Gasteiger partial charge in [-0.05, 0) is 30.7 Å². The predicted molar refractivity (Wildman–Crippen MR) is 116 cm³/mol. The van der Waals surface area contributed by atoms with Crippen molar-refractivity contribution in [2.45, 2.75) is 25.0 Å². The molecule has 8 nitrogen and oxygen atoms in total. The molecule has 0 fully saturated rings. The molecule has 0 spiro atoms. The van der Waals surface area contributed by atoms with Crippen molar-refractivity contribution < 1.29 is 14.3 Å². The summed E-state index contributed by atoms with van der Waals surface area (Å²) in [7, 11) is 1.60. The topological polar surface area (TPSA) is 91.2 Å². The minimum Gasteiger partial charge on any atom is -0.493 e. The average molecular weight is 428 g/mol. The molecule has 0 aliphatic rings. The molecule has 3 aromatic rings. The number of rotatable bonds is 11. The van der Waals surface area contributed by atoms with Crippen LogP contribution in [0.4, 0.5) is 0 Å². The van der Waals surface area contributed by atoms with Gasteiger partial charge in [0.25, 0.3) is 0 Å². The maximum atomic E-state index is 12.2. The fourth-order valence-electron chi connectivity index (χ4n) is 2.81. The Morgan fingerprint density at radius 1 is 1.13 bits per heavy atom. The molecule has 158 valence electrons. The summed E-state index contributed by atoms with van der Waals surface area (Å²) in [6, 6.07) is 11.2. The summed E-state index contributed by atoms with van der Waals surface area (Å²) in [5, 5.41) is 12.2. The lowest BCUT2D eigenvalue weighted by molar-refractivity contribution is -0.118. The number of carbonyl (C=O) groups is 1. The van der Waals surface area contributed by atoms with Crippen molar-refractivity contribution in [1.82, 2.24) is 25.1 Å². The Morgan fingerprint density at radius 3 is 2.63 bits per heavy atom. The summed E-state index contributed by atoms with van der Waals surface area (Å²) in [5.41, 5.74) is 0.954. The number of para-hydroxylation sites is 2. The highest BCUT2D eigenvalue weighted by Gasteiger charge is 2.15. The predicted octanol–water partition coefficient (Wildman–Crippen LogP) is 3.05. The first-order valence-electron chi connectivity index (χ1n) is 9.71.